The molecule has 1 aromatic heterocycles. The monoisotopic (exact) mass is 170 g/mol. The van der Waals surface area contributed by atoms with Gasteiger partial charge in [-0.15, -0.1) is 0 Å². The summed E-state index contributed by atoms with van der Waals surface area (Å²) in [5.74, 6) is 1.58. The predicted octanol–water partition coefficient (Wildman–Crippen LogP) is 4.46. The van der Waals surface area contributed by atoms with Crippen molar-refractivity contribution in [1.82, 2.24) is 0 Å². The quantitative estimate of drug-likeness (QED) is 0.606. The summed E-state index contributed by atoms with van der Waals surface area (Å²) in [6, 6.07) is 3.90. The first-order chi connectivity index (χ1) is 5.80. The van der Waals surface area contributed by atoms with Crippen LogP contribution in [0.4, 0.5) is 0 Å². The predicted molar refractivity (Wildman–Crippen MR) is 55.5 cm³/mol. The normalized spacial score (nSPS) is 7.92. The summed E-state index contributed by atoms with van der Waals surface area (Å²) in [5, 5.41) is 0. The van der Waals surface area contributed by atoms with Crippen molar-refractivity contribution in [2.45, 2.75) is 47.5 Å². The van der Waals surface area contributed by atoms with E-state index in [2.05, 4.69) is 13.8 Å². The molecule has 0 amide bonds. The second-order valence-electron chi connectivity index (χ2n) is 2.17. The van der Waals surface area contributed by atoms with Crippen LogP contribution in [0.2, 0.25) is 0 Å². The van der Waals surface area contributed by atoms with Crippen LogP contribution < -0.4 is 0 Å². The molecule has 0 aliphatic heterocycles. The highest BCUT2D eigenvalue weighted by molar-refractivity contribution is 5.02. The van der Waals surface area contributed by atoms with Gasteiger partial charge in [0.15, 0.2) is 0 Å². The van der Waals surface area contributed by atoms with E-state index in [4.69, 9.17) is 4.42 Å². The maximum absolute atomic E-state index is 5.09. The average molecular weight is 170 g/mol. The third-order valence-electron chi connectivity index (χ3n) is 1.11. The highest BCUT2D eigenvalue weighted by atomic mass is 16.3. The van der Waals surface area contributed by atoms with Crippen molar-refractivity contribution in [2.24, 2.45) is 0 Å². The second kappa shape index (κ2) is 10.3. The third kappa shape index (κ3) is 6.02. The van der Waals surface area contributed by atoms with E-state index in [9.17, 15) is 0 Å². The molecule has 0 bridgehead atoms. The molecule has 72 valence electrons. The summed E-state index contributed by atoms with van der Waals surface area (Å²) in [5.41, 5.74) is 0. The van der Waals surface area contributed by atoms with Crippen LogP contribution in [-0.4, -0.2) is 0 Å². The Morgan fingerprint density at radius 3 is 1.75 bits per heavy atom. The van der Waals surface area contributed by atoms with Gasteiger partial charge >= 0.3 is 0 Å². The van der Waals surface area contributed by atoms with Crippen molar-refractivity contribution in [2.75, 3.05) is 0 Å². The van der Waals surface area contributed by atoms with Crippen LogP contribution >= 0.6 is 0 Å². The molecule has 0 radical (unpaired) electrons. The Labute approximate surface area is 76.8 Å². The van der Waals surface area contributed by atoms with Crippen molar-refractivity contribution in [3.8, 4) is 0 Å². The second-order valence-corrected chi connectivity index (χ2v) is 2.17. The fourth-order valence-electron chi connectivity index (χ4n) is 0.620. The Balaban J connectivity index is 0. The zero-order chi connectivity index (χ0) is 9.98. The number of rotatable bonds is 1. The number of hydrogen-bond acceptors (Lipinski definition) is 1. The van der Waals surface area contributed by atoms with Gasteiger partial charge in [0.05, 0.1) is 6.26 Å². The Kier molecular flexibility index (Phi) is 11.9. The van der Waals surface area contributed by atoms with Gasteiger partial charge in [0, 0.05) is 5.92 Å². The molecule has 0 fully saturated rings. The molecule has 0 aliphatic rings. The Hall–Kier alpha value is -0.720. The van der Waals surface area contributed by atoms with E-state index in [0.717, 1.165) is 5.76 Å². The van der Waals surface area contributed by atoms with Crippen LogP contribution in [0.3, 0.4) is 0 Å². The van der Waals surface area contributed by atoms with Gasteiger partial charge in [-0.2, -0.15) is 0 Å². The Bertz CT molecular complexity index is 140. The van der Waals surface area contributed by atoms with Gasteiger partial charge in [0.1, 0.15) is 5.76 Å². The zero-order valence-electron chi connectivity index (χ0n) is 9.22. The van der Waals surface area contributed by atoms with Crippen LogP contribution in [-0.2, 0) is 0 Å². The van der Waals surface area contributed by atoms with Gasteiger partial charge in [-0.1, -0.05) is 41.5 Å². The molecule has 0 aromatic carbocycles. The number of hydrogen-bond donors (Lipinski definition) is 0. The smallest absolute Gasteiger partial charge is 0.106 e. The summed E-state index contributed by atoms with van der Waals surface area (Å²) < 4.78 is 5.09. The Morgan fingerprint density at radius 1 is 1.08 bits per heavy atom. The minimum Gasteiger partial charge on any atom is -0.469 e. The lowest BCUT2D eigenvalue weighted by Crippen LogP contribution is -1.79. The third-order valence-corrected chi connectivity index (χ3v) is 1.11. The molecule has 0 saturated heterocycles. The fraction of sp³-hybridized carbons (Fsp3) is 0.636. The Morgan fingerprint density at radius 2 is 1.58 bits per heavy atom. The largest absolute Gasteiger partial charge is 0.469 e. The molecule has 0 N–H and O–H groups in total. The molecule has 0 spiro atoms. The highest BCUT2D eigenvalue weighted by Gasteiger charge is 1.97. The van der Waals surface area contributed by atoms with Gasteiger partial charge in [-0.3, -0.25) is 0 Å². The van der Waals surface area contributed by atoms with E-state index in [1.54, 1.807) is 6.26 Å². The first-order valence-corrected chi connectivity index (χ1v) is 4.84. The molecular weight excluding hydrogens is 148 g/mol. The molecule has 1 heterocycles. The molecule has 0 saturated carbocycles. The minimum absolute atomic E-state index is 0.519. The molecule has 12 heavy (non-hydrogen) atoms. The van der Waals surface area contributed by atoms with E-state index in [1.807, 2.05) is 39.8 Å². The van der Waals surface area contributed by atoms with Gasteiger partial charge in [0.2, 0.25) is 0 Å². The van der Waals surface area contributed by atoms with Crippen molar-refractivity contribution < 1.29 is 4.42 Å². The fourth-order valence-corrected chi connectivity index (χ4v) is 0.620. The molecule has 1 nitrogen and oxygen atoms in total. The topological polar surface area (TPSA) is 13.1 Å². The summed E-state index contributed by atoms with van der Waals surface area (Å²) in [6.45, 7) is 12.2. The van der Waals surface area contributed by atoms with Crippen LogP contribution in [0.5, 0.6) is 0 Å². The van der Waals surface area contributed by atoms with E-state index in [1.165, 1.54) is 0 Å². The first kappa shape index (κ1) is 13.8. The first-order valence-electron chi connectivity index (χ1n) is 4.84. The van der Waals surface area contributed by atoms with Gasteiger partial charge < -0.3 is 4.42 Å². The lowest BCUT2D eigenvalue weighted by atomic mass is 10.2. The van der Waals surface area contributed by atoms with Crippen LogP contribution in [0.25, 0.3) is 0 Å². The molecule has 1 heteroatoms. The van der Waals surface area contributed by atoms with Crippen molar-refractivity contribution in [1.29, 1.82) is 0 Å². The number of furan rings is 1. The van der Waals surface area contributed by atoms with Crippen LogP contribution in [0.15, 0.2) is 22.8 Å². The lowest BCUT2D eigenvalue weighted by molar-refractivity contribution is 0.487. The van der Waals surface area contributed by atoms with E-state index >= 15 is 0 Å². The molecule has 0 atom stereocenters. The maximum Gasteiger partial charge on any atom is 0.106 e. The molecule has 0 unspecified atom stereocenters. The molecular formula is C11H22O. The summed E-state index contributed by atoms with van der Waals surface area (Å²) in [7, 11) is 0. The summed E-state index contributed by atoms with van der Waals surface area (Å²) in [4.78, 5) is 0. The van der Waals surface area contributed by atoms with Gasteiger partial charge in [0.25, 0.3) is 0 Å². The zero-order valence-corrected chi connectivity index (χ0v) is 9.22. The minimum atomic E-state index is 0.519. The van der Waals surface area contributed by atoms with E-state index in [-0.39, 0.29) is 0 Å². The summed E-state index contributed by atoms with van der Waals surface area (Å²) >= 11 is 0. The van der Waals surface area contributed by atoms with Gasteiger partial charge in [-0.05, 0) is 12.1 Å². The molecule has 1 aromatic rings. The van der Waals surface area contributed by atoms with Crippen molar-refractivity contribution in [3.63, 3.8) is 0 Å². The lowest BCUT2D eigenvalue weighted by Gasteiger charge is -1.94. The molecule has 1 rings (SSSR count). The standard InChI is InChI=1S/C7H10O.2C2H6/c1-6(2)7-4-3-5-8-7;2*1-2/h3-6H,1-2H3;2*1-2H3. The summed E-state index contributed by atoms with van der Waals surface area (Å²) in [6.07, 6.45) is 1.70. The van der Waals surface area contributed by atoms with Crippen LogP contribution in [0.1, 0.15) is 53.2 Å². The van der Waals surface area contributed by atoms with E-state index < -0.39 is 0 Å². The van der Waals surface area contributed by atoms with E-state index in [0.29, 0.717) is 5.92 Å². The SMILES string of the molecule is CC.CC.CC(C)c1ccco1. The van der Waals surface area contributed by atoms with Gasteiger partial charge in [-0.25, -0.2) is 0 Å². The highest BCUT2D eigenvalue weighted by Crippen LogP contribution is 2.12. The van der Waals surface area contributed by atoms with Crippen LogP contribution in [0, 0.1) is 0 Å². The van der Waals surface area contributed by atoms with Crippen molar-refractivity contribution >= 4 is 0 Å². The maximum atomic E-state index is 5.09. The molecule has 0 aliphatic carbocycles. The van der Waals surface area contributed by atoms with Crippen molar-refractivity contribution in [3.05, 3.63) is 24.2 Å². The average Bonchev–Trinajstić information content (AvgIpc) is 2.64.